The number of aryl methyl sites for hydroxylation is 1. The Kier molecular flexibility index (Phi) is 4.87. The van der Waals surface area contributed by atoms with Crippen LogP contribution in [-0.2, 0) is 13.0 Å². The van der Waals surface area contributed by atoms with Gasteiger partial charge < -0.3 is 4.90 Å². The first-order chi connectivity index (χ1) is 10.8. The lowest BCUT2D eigenvalue weighted by Crippen LogP contribution is -2.19. The van der Waals surface area contributed by atoms with E-state index in [1.54, 1.807) is 0 Å². The van der Waals surface area contributed by atoms with Crippen molar-refractivity contribution in [3.63, 3.8) is 0 Å². The van der Waals surface area contributed by atoms with Gasteiger partial charge in [-0.2, -0.15) is 0 Å². The summed E-state index contributed by atoms with van der Waals surface area (Å²) in [6.45, 7) is 2.13. The number of fused-ring (bicyclic) bond motifs is 1. The first-order valence-corrected chi connectivity index (χ1v) is 8.02. The molecular formula is C21H23N. The molecule has 0 unspecified atom stereocenters. The van der Waals surface area contributed by atoms with Gasteiger partial charge >= 0.3 is 0 Å². The van der Waals surface area contributed by atoms with Gasteiger partial charge in [0.05, 0.1) is 0 Å². The minimum Gasteiger partial charge on any atom is -0.302 e. The molecule has 0 N–H and O–H groups in total. The van der Waals surface area contributed by atoms with Gasteiger partial charge in [0.25, 0.3) is 0 Å². The summed E-state index contributed by atoms with van der Waals surface area (Å²) in [6.07, 6.45) is 2.35. The Morgan fingerprint density at radius 1 is 0.773 bits per heavy atom. The molecule has 0 heterocycles. The standard InChI is InChI=1S/C21H23N/c1-22(16-8-11-18-9-3-2-4-10-18)17-20-14-7-13-19-12-5-6-15-21(19)20/h2-7,9-10,12-15H,8,11,16-17H2,1H3. The Bertz CT molecular complexity index is 713. The van der Waals surface area contributed by atoms with E-state index in [9.17, 15) is 0 Å². The average Bonchev–Trinajstić information content (AvgIpc) is 2.56. The summed E-state index contributed by atoms with van der Waals surface area (Å²) in [5, 5.41) is 2.71. The number of hydrogen-bond donors (Lipinski definition) is 0. The molecule has 1 heteroatoms. The van der Waals surface area contributed by atoms with Gasteiger partial charge in [-0.25, -0.2) is 0 Å². The van der Waals surface area contributed by atoms with E-state index in [0.717, 1.165) is 19.5 Å². The fourth-order valence-electron chi connectivity index (χ4n) is 3.00. The van der Waals surface area contributed by atoms with Crippen molar-refractivity contribution >= 4 is 10.8 Å². The maximum Gasteiger partial charge on any atom is 0.0236 e. The third-order valence-corrected chi connectivity index (χ3v) is 4.17. The first-order valence-electron chi connectivity index (χ1n) is 8.02. The highest BCUT2D eigenvalue weighted by atomic mass is 15.1. The van der Waals surface area contributed by atoms with Crippen LogP contribution >= 0.6 is 0 Å². The fraction of sp³-hybridized carbons (Fsp3) is 0.238. The quantitative estimate of drug-likeness (QED) is 0.623. The zero-order valence-corrected chi connectivity index (χ0v) is 13.2. The van der Waals surface area contributed by atoms with Crippen molar-refractivity contribution in [2.75, 3.05) is 13.6 Å². The Morgan fingerprint density at radius 3 is 2.36 bits per heavy atom. The van der Waals surface area contributed by atoms with E-state index in [1.165, 1.54) is 28.3 Å². The lowest BCUT2D eigenvalue weighted by molar-refractivity contribution is 0.323. The largest absolute Gasteiger partial charge is 0.302 e. The summed E-state index contributed by atoms with van der Waals surface area (Å²) in [4.78, 5) is 2.42. The molecule has 0 fully saturated rings. The minimum atomic E-state index is 1.01. The van der Waals surface area contributed by atoms with Crippen LogP contribution in [0.1, 0.15) is 17.5 Å². The Labute approximate surface area is 133 Å². The molecule has 0 aliphatic rings. The first kappa shape index (κ1) is 14.8. The maximum absolute atomic E-state index is 2.42. The zero-order chi connectivity index (χ0) is 15.2. The molecule has 0 aliphatic carbocycles. The number of rotatable bonds is 6. The van der Waals surface area contributed by atoms with Crippen molar-refractivity contribution in [1.82, 2.24) is 4.90 Å². The molecule has 0 amide bonds. The van der Waals surface area contributed by atoms with Gasteiger partial charge in [-0.05, 0) is 48.3 Å². The second kappa shape index (κ2) is 7.24. The lowest BCUT2D eigenvalue weighted by Gasteiger charge is -2.18. The van der Waals surface area contributed by atoms with Gasteiger partial charge in [-0.15, -0.1) is 0 Å². The summed E-state index contributed by atoms with van der Waals surface area (Å²) >= 11 is 0. The van der Waals surface area contributed by atoms with Gasteiger partial charge in [0.1, 0.15) is 0 Å². The van der Waals surface area contributed by atoms with Crippen LogP contribution in [0.15, 0.2) is 72.8 Å². The summed E-state index contributed by atoms with van der Waals surface area (Å²) in [7, 11) is 2.22. The Balaban J connectivity index is 1.58. The highest BCUT2D eigenvalue weighted by molar-refractivity contribution is 5.85. The van der Waals surface area contributed by atoms with Crippen LogP contribution in [0.5, 0.6) is 0 Å². The van der Waals surface area contributed by atoms with Crippen LogP contribution in [0.4, 0.5) is 0 Å². The average molecular weight is 289 g/mol. The molecule has 3 aromatic rings. The second-order valence-corrected chi connectivity index (χ2v) is 5.97. The molecule has 112 valence electrons. The van der Waals surface area contributed by atoms with E-state index in [0.29, 0.717) is 0 Å². The van der Waals surface area contributed by atoms with E-state index in [-0.39, 0.29) is 0 Å². The van der Waals surface area contributed by atoms with Crippen molar-refractivity contribution in [1.29, 1.82) is 0 Å². The van der Waals surface area contributed by atoms with E-state index >= 15 is 0 Å². The smallest absolute Gasteiger partial charge is 0.0236 e. The molecule has 0 saturated carbocycles. The summed E-state index contributed by atoms with van der Waals surface area (Å²) in [5.74, 6) is 0. The number of nitrogens with zero attached hydrogens (tertiary/aromatic N) is 1. The van der Waals surface area contributed by atoms with Crippen LogP contribution in [0, 0.1) is 0 Å². The van der Waals surface area contributed by atoms with Gasteiger partial charge in [-0.1, -0.05) is 72.8 Å². The van der Waals surface area contributed by atoms with Crippen molar-refractivity contribution in [3.8, 4) is 0 Å². The van der Waals surface area contributed by atoms with E-state index in [4.69, 9.17) is 0 Å². The van der Waals surface area contributed by atoms with Crippen LogP contribution in [0.25, 0.3) is 10.8 Å². The maximum atomic E-state index is 2.42. The molecular weight excluding hydrogens is 266 g/mol. The monoisotopic (exact) mass is 289 g/mol. The molecule has 0 spiro atoms. The number of hydrogen-bond acceptors (Lipinski definition) is 1. The van der Waals surface area contributed by atoms with Gasteiger partial charge in [0.2, 0.25) is 0 Å². The SMILES string of the molecule is CN(CCCc1ccccc1)Cc1cccc2ccccc12. The van der Waals surface area contributed by atoms with Crippen molar-refractivity contribution in [3.05, 3.63) is 83.9 Å². The van der Waals surface area contributed by atoms with Gasteiger partial charge in [-0.3, -0.25) is 0 Å². The van der Waals surface area contributed by atoms with Crippen molar-refractivity contribution in [2.24, 2.45) is 0 Å². The van der Waals surface area contributed by atoms with E-state index in [1.807, 2.05) is 0 Å². The molecule has 3 aromatic carbocycles. The van der Waals surface area contributed by atoms with Crippen LogP contribution < -0.4 is 0 Å². The predicted molar refractivity (Wildman–Crippen MR) is 95.0 cm³/mol. The molecule has 0 bridgehead atoms. The molecule has 0 atom stereocenters. The third kappa shape index (κ3) is 3.75. The highest BCUT2D eigenvalue weighted by Gasteiger charge is 2.04. The van der Waals surface area contributed by atoms with Crippen LogP contribution in [0.2, 0.25) is 0 Å². The molecule has 0 saturated heterocycles. The van der Waals surface area contributed by atoms with E-state index in [2.05, 4.69) is 84.7 Å². The Morgan fingerprint density at radius 2 is 1.50 bits per heavy atom. The molecule has 3 rings (SSSR count). The van der Waals surface area contributed by atoms with Crippen molar-refractivity contribution in [2.45, 2.75) is 19.4 Å². The van der Waals surface area contributed by atoms with E-state index < -0.39 is 0 Å². The number of benzene rings is 3. The fourth-order valence-corrected chi connectivity index (χ4v) is 3.00. The van der Waals surface area contributed by atoms with Crippen molar-refractivity contribution < 1.29 is 0 Å². The minimum absolute atomic E-state index is 1.01. The predicted octanol–water partition coefficient (Wildman–Crippen LogP) is 4.90. The highest BCUT2D eigenvalue weighted by Crippen LogP contribution is 2.19. The van der Waals surface area contributed by atoms with Crippen LogP contribution in [-0.4, -0.2) is 18.5 Å². The topological polar surface area (TPSA) is 3.24 Å². The summed E-state index contributed by atoms with van der Waals surface area (Å²) in [5.41, 5.74) is 2.85. The van der Waals surface area contributed by atoms with Gasteiger partial charge in [0.15, 0.2) is 0 Å². The molecule has 0 radical (unpaired) electrons. The lowest BCUT2D eigenvalue weighted by atomic mass is 10.0. The molecule has 22 heavy (non-hydrogen) atoms. The zero-order valence-electron chi connectivity index (χ0n) is 13.2. The second-order valence-electron chi connectivity index (χ2n) is 5.97. The summed E-state index contributed by atoms with van der Waals surface area (Å²) < 4.78 is 0. The third-order valence-electron chi connectivity index (χ3n) is 4.17. The summed E-state index contributed by atoms with van der Waals surface area (Å²) in [6, 6.07) is 26.0. The molecule has 0 aromatic heterocycles. The normalized spacial score (nSPS) is 11.2. The van der Waals surface area contributed by atoms with Crippen LogP contribution in [0.3, 0.4) is 0 Å². The Hall–Kier alpha value is -2.12. The van der Waals surface area contributed by atoms with Gasteiger partial charge in [0, 0.05) is 6.54 Å². The molecule has 1 nitrogen and oxygen atoms in total. The molecule has 0 aliphatic heterocycles.